The van der Waals surface area contributed by atoms with Crippen LogP contribution in [0.25, 0.3) is 0 Å². The molecule has 0 aliphatic carbocycles. The summed E-state index contributed by atoms with van der Waals surface area (Å²) in [7, 11) is 2.79. The number of ether oxygens (including phenoxy) is 2. The Morgan fingerprint density at radius 2 is 1.29 bits per heavy atom. The van der Waals surface area contributed by atoms with Crippen LogP contribution >= 0.6 is 0 Å². The third-order valence-electron chi connectivity index (χ3n) is 2.84. The van der Waals surface area contributed by atoms with Crippen molar-refractivity contribution in [3.05, 3.63) is 0 Å². The summed E-state index contributed by atoms with van der Waals surface area (Å²) in [4.78, 5) is 26.4. The number of hydrogen-bond acceptors (Lipinski definition) is 6. The molecule has 0 bridgehead atoms. The Labute approximate surface area is 101 Å². The van der Waals surface area contributed by atoms with Gasteiger partial charge in [0.05, 0.1) is 27.3 Å². The van der Waals surface area contributed by atoms with Gasteiger partial charge in [-0.05, 0) is 6.42 Å². The van der Waals surface area contributed by atoms with Crippen LogP contribution < -0.4 is 0 Å². The highest BCUT2D eigenvalue weighted by Crippen LogP contribution is 2.03. The van der Waals surface area contributed by atoms with Gasteiger partial charge in [-0.3, -0.25) is 19.4 Å². The minimum absolute atomic E-state index is 0.216. The third-order valence-corrected chi connectivity index (χ3v) is 2.84. The lowest BCUT2D eigenvalue weighted by atomic mass is 10.4. The summed E-state index contributed by atoms with van der Waals surface area (Å²) >= 11 is 0. The quantitative estimate of drug-likeness (QED) is 0.612. The smallest absolute Gasteiger partial charge is 0.319 e. The van der Waals surface area contributed by atoms with Gasteiger partial charge in [0.2, 0.25) is 0 Å². The lowest BCUT2D eigenvalue weighted by Gasteiger charge is -2.19. The Balaban J connectivity index is 2.34. The second-order valence-electron chi connectivity index (χ2n) is 4.06. The molecule has 0 radical (unpaired) electrons. The summed E-state index contributed by atoms with van der Waals surface area (Å²) in [6.45, 7) is 3.89. The minimum atomic E-state index is -0.216. The molecule has 6 nitrogen and oxygen atoms in total. The van der Waals surface area contributed by atoms with Crippen LogP contribution in [0.3, 0.4) is 0 Å². The molecule has 0 amide bonds. The van der Waals surface area contributed by atoms with E-state index >= 15 is 0 Å². The first-order chi connectivity index (χ1) is 8.15. The fourth-order valence-corrected chi connectivity index (χ4v) is 1.83. The summed E-state index contributed by atoms with van der Waals surface area (Å²) in [5.74, 6) is -0.433. The molecule has 1 saturated heterocycles. The minimum Gasteiger partial charge on any atom is -0.468 e. The zero-order chi connectivity index (χ0) is 12.7. The number of esters is 2. The largest absolute Gasteiger partial charge is 0.468 e. The fraction of sp³-hybridized carbons (Fsp3) is 0.818. The van der Waals surface area contributed by atoms with E-state index in [1.807, 2.05) is 9.80 Å². The summed E-state index contributed by atoms with van der Waals surface area (Å²) in [5.41, 5.74) is 0. The Morgan fingerprint density at radius 1 is 0.882 bits per heavy atom. The van der Waals surface area contributed by atoms with Crippen LogP contribution in [-0.2, 0) is 19.1 Å². The number of rotatable bonds is 4. The van der Waals surface area contributed by atoms with Crippen LogP contribution in [0.4, 0.5) is 0 Å². The van der Waals surface area contributed by atoms with Crippen molar-refractivity contribution < 1.29 is 19.1 Å². The van der Waals surface area contributed by atoms with Crippen molar-refractivity contribution in [1.29, 1.82) is 0 Å². The van der Waals surface area contributed by atoms with Crippen LogP contribution in [0.1, 0.15) is 6.42 Å². The van der Waals surface area contributed by atoms with Crippen molar-refractivity contribution >= 4 is 11.9 Å². The zero-order valence-corrected chi connectivity index (χ0v) is 10.5. The molecule has 1 fully saturated rings. The first kappa shape index (κ1) is 13.9. The number of methoxy groups -OCH3 is 2. The second-order valence-corrected chi connectivity index (χ2v) is 4.06. The number of carbonyl (C=O) groups excluding carboxylic acids is 2. The van der Waals surface area contributed by atoms with Crippen LogP contribution in [-0.4, -0.2) is 75.2 Å². The average molecular weight is 244 g/mol. The molecule has 0 atom stereocenters. The molecule has 0 N–H and O–H groups in total. The average Bonchev–Trinajstić information content (AvgIpc) is 2.54. The fourth-order valence-electron chi connectivity index (χ4n) is 1.83. The van der Waals surface area contributed by atoms with Gasteiger partial charge < -0.3 is 9.47 Å². The van der Waals surface area contributed by atoms with E-state index in [1.165, 1.54) is 14.2 Å². The zero-order valence-electron chi connectivity index (χ0n) is 10.5. The van der Waals surface area contributed by atoms with E-state index < -0.39 is 0 Å². The van der Waals surface area contributed by atoms with Gasteiger partial charge in [0, 0.05) is 26.2 Å². The normalized spacial score (nSPS) is 18.5. The highest BCUT2D eigenvalue weighted by atomic mass is 16.5. The predicted molar refractivity (Wildman–Crippen MR) is 61.5 cm³/mol. The van der Waals surface area contributed by atoms with Crippen LogP contribution in [0.2, 0.25) is 0 Å². The van der Waals surface area contributed by atoms with Crippen molar-refractivity contribution in [2.45, 2.75) is 6.42 Å². The van der Waals surface area contributed by atoms with Gasteiger partial charge in [0.25, 0.3) is 0 Å². The molecule has 1 rings (SSSR count). The molecule has 0 unspecified atom stereocenters. The molecular formula is C11H20N2O4. The van der Waals surface area contributed by atoms with Crippen molar-refractivity contribution in [2.75, 3.05) is 53.5 Å². The summed E-state index contributed by atoms with van der Waals surface area (Å²) in [6.07, 6.45) is 0.938. The summed E-state index contributed by atoms with van der Waals surface area (Å²) in [6, 6.07) is 0. The van der Waals surface area contributed by atoms with Crippen molar-refractivity contribution in [3.8, 4) is 0 Å². The molecular weight excluding hydrogens is 224 g/mol. The van der Waals surface area contributed by atoms with E-state index in [0.29, 0.717) is 13.1 Å². The summed E-state index contributed by atoms with van der Waals surface area (Å²) < 4.78 is 9.27. The standard InChI is InChI=1S/C11H20N2O4/c1-16-10(14)8-12-4-3-5-13(7-6-12)9-11(15)17-2/h3-9H2,1-2H3. The van der Waals surface area contributed by atoms with Crippen molar-refractivity contribution in [2.24, 2.45) is 0 Å². The predicted octanol–water partition coefficient (Wildman–Crippen LogP) is -0.660. The third kappa shape index (κ3) is 5.14. The Kier molecular flexibility index (Phi) is 5.93. The summed E-state index contributed by atoms with van der Waals surface area (Å²) in [5, 5.41) is 0. The van der Waals surface area contributed by atoms with E-state index in [4.69, 9.17) is 0 Å². The van der Waals surface area contributed by atoms with Gasteiger partial charge in [-0.15, -0.1) is 0 Å². The molecule has 0 aromatic carbocycles. The Morgan fingerprint density at radius 3 is 1.65 bits per heavy atom. The molecule has 0 aromatic rings. The van der Waals surface area contributed by atoms with E-state index in [0.717, 1.165) is 32.6 Å². The maximum absolute atomic E-state index is 11.1. The van der Waals surface area contributed by atoms with Gasteiger partial charge in [-0.1, -0.05) is 0 Å². The Bertz CT molecular complexity index is 244. The molecule has 6 heteroatoms. The maximum atomic E-state index is 11.1. The SMILES string of the molecule is COC(=O)CN1CCCN(CC(=O)OC)CC1. The topological polar surface area (TPSA) is 59.1 Å². The molecule has 1 heterocycles. The van der Waals surface area contributed by atoms with Crippen LogP contribution in [0.5, 0.6) is 0 Å². The van der Waals surface area contributed by atoms with Crippen LogP contribution in [0, 0.1) is 0 Å². The monoisotopic (exact) mass is 244 g/mol. The van der Waals surface area contributed by atoms with E-state index in [9.17, 15) is 9.59 Å². The molecule has 0 spiro atoms. The first-order valence-corrected chi connectivity index (χ1v) is 5.74. The van der Waals surface area contributed by atoms with Gasteiger partial charge in [-0.25, -0.2) is 0 Å². The van der Waals surface area contributed by atoms with Gasteiger partial charge in [0.1, 0.15) is 0 Å². The molecule has 1 aliphatic rings. The second kappa shape index (κ2) is 7.24. The van der Waals surface area contributed by atoms with Crippen molar-refractivity contribution in [3.63, 3.8) is 0 Å². The number of nitrogens with zero attached hydrogens (tertiary/aromatic N) is 2. The lowest BCUT2D eigenvalue weighted by Crippen LogP contribution is -2.36. The Hall–Kier alpha value is -1.14. The number of hydrogen-bond donors (Lipinski definition) is 0. The molecule has 98 valence electrons. The highest BCUT2D eigenvalue weighted by Gasteiger charge is 2.18. The van der Waals surface area contributed by atoms with Gasteiger partial charge in [-0.2, -0.15) is 0 Å². The van der Waals surface area contributed by atoms with E-state index in [1.54, 1.807) is 0 Å². The van der Waals surface area contributed by atoms with Gasteiger partial charge >= 0.3 is 11.9 Å². The van der Waals surface area contributed by atoms with Crippen LogP contribution in [0.15, 0.2) is 0 Å². The van der Waals surface area contributed by atoms with E-state index in [2.05, 4.69) is 9.47 Å². The number of carbonyl (C=O) groups is 2. The van der Waals surface area contributed by atoms with Crippen molar-refractivity contribution in [1.82, 2.24) is 9.80 Å². The maximum Gasteiger partial charge on any atom is 0.319 e. The molecule has 0 saturated carbocycles. The van der Waals surface area contributed by atoms with E-state index in [-0.39, 0.29) is 11.9 Å². The highest BCUT2D eigenvalue weighted by molar-refractivity contribution is 5.71. The van der Waals surface area contributed by atoms with Gasteiger partial charge in [0.15, 0.2) is 0 Å². The first-order valence-electron chi connectivity index (χ1n) is 5.74. The molecule has 17 heavy (non-hydrogen) atoms. The lowest BCUT2D eigenvalue weighted by molar-refractivity contribution is -0.143. The molecule has 1 aliphatic heterocycles. The molecule has 0 aromatic heterocycles.